The lowest BCUT2D eigenvalue weighted by molar-refractivity contribution is -0.0498. The van der Waals surface area contributed by atoms with Crippen LogP contribution in [-0.4, -0.2) is 49.5 Å². The minimum Gasteiger partial charge on any atom is -0.435 e. The zero-order chi connectivity index (χ0) is 20.6. The number of ether oxygens (including phenoxy) is 2. The normalized spacial score (nSPS) is 15.7. The van der Waals surface area contributed by atoms with E-state index in [-0.39, 0.29) is 11.8 Å². The molecule has 29 heavy (non-hydrogen) atoms. The molecular weight excluding hydrogens is 396 g/mol. The molecule has 2 aromatic rings. The Hall–Kier alpha value is -2.29. The summed E-state index contributed by atoms with van der Waals surface area (Å²) >= 11 is 5.49. The Morgan fingerprint density at radius 2 is 1.76 bits per heavy atom. The summed E-state index contributed by atoms with van der Waals surface area (Å²) in [6.07, 6.45) is 0. The van der Waals surface area contributed by atoms with Gasteiger partial charge in [-0.05, 0) is 49.0 Å². The van der Waals surface area contributed by atoms with Gasteiger partial charge in [-0.2, -0.15) is 8.78 Å². The summed E-state index contributed by atoms with van der Waals surface area (Å²) in [4.78, 5) is 2.35. The minimum absolute atomic E-state index is 0.00939. The Labute approximate surface area is 175 Å². The molecule has 2 N–H and O–H groups in total. The van der Waals surface area contributed by atoms with Crippen LogP contribution in [0.1, 0.15) is 17.2 Å². The number of morpholine rings is 1. The molecule has 0 unspecified atom stereocenters. The van der Waals surface area contributed by atoms with Crippen molar-refractivity contribution >= 4 is 23.0 Å². The number of hydrogen-bond donors (Lipinski definition) is 2. The van der Waals surface area contributed by atoms with Gasteiger partial charge in [-0.15, -0.1) is 0 Å². The van der Waals surface area contributed by atoms with Gasteiger partial charge in [0.05, 0.1) is 19.3 Å². The first-order valence-corrected chi connectivity index (χ1v) is 9.89. The number of aryl methyl sites for hydroxylation is 1. The van der Waals surface area contributed by atoms with Crippen LogP contribution in [0.25, 0.3) is 0 Å². The molecular formula is C21H25F2N3O2S. The number of anilines is 1. The molecule has 0 aromatic heterocycles. The fourth-order valence-corrected chi connectivity index (χ4v) is 3.38. The zero-order valence-corrected chi connectivity index (χ0v) is 17.1. The molecule has 1 fully saturated rings. The van der Waals surface area contributed by atoms with E-state index in [0.29, 0.717) is 10.8 Å². The molecule has 0 spiro atoms. The second-order valence-corrected chi connectivity index (χ2v) is 7.29. The predicted molar refractivity (Wildman–Crippen MR) is 114 cm³/mol. The van der Waals surface area contributed by atoms with Crippen LogP contribution in [0.2, 0.25) is 0 Å². The van der Waals surface area contributed by atoms with E-state index in [4.69, 9.17) is 17.0 Å². The predicted octanol–water partition coefficient (Wildman–Crippen LogP) is 3.96. The fourth-order valence-electron chi connectivity index (χ4n) is 3.12. The highest BCUT2D eigenvalue weighted by Crippen LogP contribution is 2.19. The minimum atomic E-state index is -2.84. The maximum Gasteiger partial charge on any atom is 0.387 e. The van der Waals surface area contributed by atoms with Gasteiger partial charge in [0.1, 0.15) is 5.75 Å². The third-order valence-electron chi connectivity index (χ3n) is 4.67. The second kappa shape index (κ2) is 10.5. The van der Waals surface area contributed by atoms with Crippen LogP contribution >= 0.6 is 12.2 Å². The highest BCUT2D eigenvalue weighted by atomic mass is 32.1. The summed E-state index contributed by atoms with van der Waals surface area (Å²) in [5.41, 5.74) is 3.04. The van der Waals surface area contributed by atoms with E-state index >= 15 is 0 Å². The van der Waals surface area contributed by atoms with E-state index in [2.05, 4.69) is 51.5 Å². The summed E-state index contributed by atoms with van der Waals surface area (Å²) < 4.78 is 34.4. The van der Waals surface area contributed by atoms with Crippen molar-refractivity contribution in [3.8, 4) is 5.75 Å². The first kappa shape index (κ1) is 21.4. The van der Waals surface area contributed by atoms with Gasteiger partial charge in [0.25, 0.3) is 0 Å². The third-order valence-corrected chi connectivity index (χ3v) is 4.89. The van der Waals surface area contributed by atoms with Gasteiger partial charge in [-0.1, -0.05) is 29.8 Å². The standard InChI is InChI=1S/C21H25F2N3O2S/c1-15-2-4-16(5-3-15)19(14-26-10-12-27-13-11-26)25-21(29)24-17-6-8-18(9-7-17)28-20(22)23/h2-9,19-20H,10-14H2,1H3,(H2,24,25,29)/t19-/m0/s1. The number of alkyl halides is 2. The number of nitrogens with one attached hydrogen (secondary N) is 2. The van der Waals surface area contributed by atoms with Gasteiger partial charge in [0.15, 0.2) is 5.11 Å². The van der Waals surface area contributed by atoms with Crippen molar-refractivity contribution in [1.29, 1.82) is 0 Å². The van der Waals surface area contributed by atoms with Crippen molar-refractivity contribution in [3.63, 3.8) is 0 Å². The molecule has 0 aliphatic carbocycles. The van der Waals surface area contributed by atoms with E-state index in [1.165, 1.54) is 17.7 Å². The lowest BCUT2D eigenvalue weighted by Crippen LogP contribution is -2.44. The van der Waals surface area contributed by atoms with E-state index in [1.807, 2.05) is 0 Å². The van der Waals surface area contributed by atoms with Crippen LogP contribution in [0.3, 0.4) is 0 Å². The van der Waals surface area contributed by atoms with Gasteiger partial charge in [0.2, 0.25) is 0 Å². The molecule has 1 heterocycles. The summed E-state index contributed by atoms with van der Waals surface area (Å²) in [5, 5.41) is 6.95. The van der Waals surface area contributed by atoms with Gasteiger partial charge in [0, 0.05) is 25.3 Å². The average Bonchev–Trinajstić information content (AvgIpc) is 2.70. The summed E-state index contributed by atoms with van der Waals surface area (Å²) in [6, 6.07) is 14.6. The molecule has 0 amide bonds. The van der Waals surface area contributed by atoms with Gasteiger partial charge < -0.3 is 20.1 Å². The molecule has 0 saturated carbocycles. The maximum absolute atomic E-state index is 12.3. The molecule has 1 saturated heterocycles. The number of hydrogen-bond acceptors (Lipinski definition) is 4. The molecule has 5 nitrogen and oxygen atoms in total. The van der Waals surface area contributed by atoms with E-state index in [1.54, 1.807) is 12.1 Å². The molecule has 156 valence electrons. The molecule has 0 bridgehead atoms. The quantitative estimate of drug-likeness (QED) is 0.660. The van der Waals surface area contributed by atoms with Crippen molar-refractivity contribution in [2.75, 3.05) is 38.2 Å². The van der Waals surface area contributed by atoms with Crippen molar-refractivity contribution < 1.29 is 18.3 Å². The van der Waals surface area contributed by atoms with Gasteiger partial charge in [-0.25, -0.2) is 0 Å². The number of benzene rings is 2. The van der Waals surface area contributed by atoms with E-state index in [0.717, 1.165) is 38.4 Å². The summed E-state index contributed by atoms with van der Waals surface area (Å²) in [7, 11) is 0. The molecule has 1 aliphatic rings. The summed E-state index contributed by atoms with van der Waals surface area (Å²) in [6.45, 7) is 3.25. The average molecular weight is 422 g/mol. The lowest BCUT2D eigenvalue weighted by atomic mass is 10.0. The molecule has 1 aliphatic heterocycles. The largest absolute Gasteiger partial charge is 0.435 e. The fraction of sp³-hybridized carbons (Fsp3) is 0.381. The Kier molecular flexibility index (Phi) is 7.74. The zero-order valence-electron chi connectivity index (χ0n) is 16.2. The Bertz CT molecular complexity index is 782. The first-order valence-electron chi connectivity index (χ1n) is 9.48. The van der Waals surface area contributed by atoms with Crippen LogP contribution in [0, 0.1) is 6.92 Å². The SMILES string of the molecule is Cc1ccc([C@H](CN2CCOCC2)NC(=S)Nc2ccc(OC(F)F)cc2)cc1. The first-order chi connectivity index (χ1) is 14.0. The van der Waals surface area contributed by atoms with Crippen LogP contribution < -0.4 is 15.4 Å². The molecule has 3 rings (SSSR count). The van der Waals surface area contributed by atoms with Crippen molar-refractivity contribution in [3.05, 3.63) is 59.7 Å². The number of rotatable bonds is 7. The number of halogens is 2. The van der Waals surface area contributed by atoms with E-state index in [9.17, 15) is 8.78 Å². The van der Waals surface area contributed by atoms with Crippen molar-refractivity contribution in [1.82, 2.24) is 10.2 Å². The monoisotopic (exact) mass is 421 g/mol. The van der Waals surface area contributed by atoms with Crippen LogP contribution in [0.4, 0.5) is 14.5 Å². The van der Waals surface area contributed by atoms with Gasteiger partial charge in [-0.3, -0.25) is 4.90 Å². The molecule has 1 atom stereocenters. The Morgan fingerprint density at radius 3 is 2.38 bits per heavy atom. The topological polar surface area (TPSA) is 45.8 Å². The van der Waals surface area contributed by atoms with Crippen LogP contribution in [0.5, 0.6) is 5.75 Å². The smallest absolute Gasteiger partial charge is 0.387 e. The molecule has 2 aromatic carbocycles. The second-order valence-electron chi connectivity index (χ2n) is 6.88. The highest BCUT2D eigenvalue weighted by molar-refractivity contribution is 7.80. The Morgan fingerprint density at radius 1 is 1.10 bits per heavy atom. The highest BCUT2D eigenvalue weighted by Gasteiger charge is 2.19. The third kappa shape index (κ3) is 6.92. The lowest BCUT2D eigenvalue weighted by Gasteiger charge is -2.31. The van der Waals surface area contributed by atoms with Crippen LogP contribution in [-0.2, 0) is 4.74 Å². The maximum atomic E-state index is 12.3. The van der Waals surface area contributed by atoms with Crippen molar-refractivity contribution in [2.24, 2.45) is 0 Å². The molecule has 0 radical (unpaired) electrons. The van der Waals surface area contributed by atoms with Gasteiger partial charge >= 0.3 is 6.61 Å². The number of thiocarbonyl (C=S) groups is 1. The number of nitrogens with zero attached hydrogens (tertiary/aromatic N) is 1. The molecule has 8 heteroatoms. The Balaban J connectivity index is 1.64. The van der Waals surface area contributed by atoms with E-state index < -0.39 is 6.61 Å². The summed E-state index contributed by atoms with van der Waals surface area (Å²) in [5.74, 6) is 0.106. The van der Waals surface area contributed by atoms with Crippen LogP contribution in [0.15, 0.2) is 48.5 Å². The van der Waals surface area contributed by atoms with Crippen molar-refractivity contribution in [2.45, 2.75) is 19.6 Å².